The van der Waals surface area contributed by atoms with Gasteiger partial charge in [-0.1, -0.05) is 54.1 Å². The summed E-state index contributed by atoms with van der Waals surface area (Å²) in [6.45, 7) is -2.88. The third kappa shape index (κ3) is 4.21. The van der Waals surface area contributed by atoms with Crippen molar-refractivity contribution in [2.45, 2.75) is 6.61 Å². The zero-order valence-electron chi connectivity index (χ0n) is 14.7. The van der Waals surface area contributed by atoms with E-state index >= 15 is 0 Å². The fraction of sp³-hybridized carbons (Fsp3) is 0.0476. The van der Waals surface area contributed by atoms with Crippen molar-refractivity contribution in [3.8, 4) is 16.9 Å². The van der Waals surface area contributed by atoms with Crippen LogP contribution in [-0.2, 0) is 0 Å². The monoisotopic (exact) mass is 430 g/mol. The van der Waals surface area contributed by atoms with Crippen LogP contribution in [0.5, 0.6) is 5.75 Å². The van der Waals surface area contributed by atoms with Crippen molar-refractivity contribution < 1.29 is 13.5 Å². The largest absolute Gasteiger partial charge is 0.435 e. The SMILES string of the molecule is O=c1[nH]c(/C(Cl)=C/c2ccc(OC(F)F)cc2)nc2scc(-c3ccccc3)c12. The highest BCUT2D eigenvalue weighted by Crippen LogP contribution is 2.31. The molecule has 4 nitrogen and oxygen atoms in total. The molecule has 0 radical (unpaired) electrons. The number of nitrogens with one attached hydrogen (secondary N) is 1. The average Bonchev–Trinajstić information content (AvgIpc) is 3.14. The predicted molar refractivity (Wildman–Crippen MR) is 112 cm³/mol. The average molecular weight is 431 g/mol. The van der Waals surface area contributed by atoms with Crippen molar-refractivity contribution in [1.29, 1.82) is 0 Å². The van der Waals surface area contributed by atoms with Crippen LogP contribution in [0.25, 0.3) is 32.5 Å². The molecular weight excluding hydrogens is 418 g/mol. The van der Waals surface area contributed by atoms with Crippen molar-refractivity contribution in [3.63, 3.8) is 0 Å². The molecule has 0 bridgehead atoms. The van der Waals surface area contributed by atoms with E-state index in [1.807, 2.05) is 35.7 Å². The molecule has 0 aliphatic heterocycles. The first-order valence-corrected chi connectivity index (χ1v) is 9.76. The lowest BCUT2D eigenvalue weighted by molar-refractivity contribution is -0.0498. The number of aromatic amines is 1. The molecule has 4 aromatic rings. The van der Waals surface area contributed by atoms with Gasteiger partial charge >= 0.3 is 6.61 Å². The number of rotatable bonds is 5. The summed E-state index contributed by atoms with van der Waals surface area (Å²) < 4.78 is 28.8. The van der Waals surface area contributed by atoms with Crippen molar-refractivity contribution in [2.75, 3.05) is 0 Å². The van der Waals surface area contributed by atoms with E-state index < -0.39 is 6.61 Å². The van der Waals surface area contributed by atoms with Crippen LogP contribution in [0.1, 0.15) is 11.4 Å². The van der Waals surface area contributed by atoms with Gasteiger partial charge in [0, 0.05) is 10.9 Å². The van der Waals surface area contributed by atoms with Gasteiger partial charge in [-0.05, 0) is 29.3 Å². The molecule has 2 aromatic heterocycles. The van der Waals surface area contributed by atoms with Gasteiger partial charge in [-0.2, -0.15) is 8.78 Å². The van der Waals surface area contributed by atoms with E-state index in [0.717, 1.165) is 11.1 Å². The van der Waals surface area contributed by atoms with Crippen molar-refractivity contribution >= 4 is 44.3 Å². The van der Waals surface area contributed by atoms with Crippen LogP contribution >= 0.6 is 22.9 Å². The molecule has 2 aromatic carbocycles. The zero-order chi connectivity index (χ0) is 20.4. The van der Waals surface area contributed by atoms with E-state index in [9.17, 15) is 13.6 Å². The zero-order valence-corrected chi connectivity index (χ0v) is 16.3. The van der Waals surface area contributed by atoms with E-state index in [1.54, 1.807) is 18.2 Å². The molecule has 0 atom stereocenters. The quantitative estimate of drug-likeness (QED) is 0.423. The summed E-state index contributed by atoms with van der Waals surface area (Å²) in [5.74, 6) is 0.284. The van der Waals surface area contributed by atoms with Crippen LogP contribution in [0, 0.1) is 0 Å². The van der Waals surface area contributed by atoms with Crippen molar-refractivity contribution in [1.82, 2.24) is 9.97 Å². The number of fused-ring (bicyclic) bond motifs is 1. The second-order valence-corrected chi connectivity index (χ2v) is 7.32. The molecule has 0 unspecified atom stereocenters. The summed E-state index contributed by atoms with van der Waals surface area (Å²) in [4.78, 5) is 20.5. The summed E-state index contributed by atoms with van der Waals surface area (Å²) in [7, 11) is 0. The van der Waals surface area contributed by atoms with E-state index in [4.69, 9.17) is 11.6 Å². The lowest BCUT2D eigenvalue weighted by atomic mass is 10.1. The topological polar surface area (TPSA) is 55.0 Å². The van der Waals surface area contributed by atoms with Crippen LogP contribution in [-0.4, -0.2) is 16.6 Å². The Balaban J connectivity index is 1.67. The highest BCUT2D eigenvalue weighted by Gasteiger charge is 2.14. The van der Waals surface area contributed by atoms with Crippen LogP contribution < -0.4 is 10.3 Å². The normalized spacial score (nSPS) is 11.9. The van der Waals surface area contributed by atoms with Gasteiger partial charge in [-0.3, -0.25) is 4.79 Å². The number of halogens is 3. The van der Waals surface area contributed by atoms with Gasteiger partial charge in [0.2, 0.25) is 0 Å². The Morgan fingerprint density at radius 3 is 2.55 bits per heavy atom. The maximum atomic E-state index is 12.7. The maximum Gasteiger partial charge on any atom is 0.387 e. The second-order valence-electron chi connectivity index (χ2n) is 6.05. The Morgan fingerprint density at radius 2 is 1.86 bits per heavy atom. The first-order valence-electron chi connectivity index (χ1n) is 8.50. The fourth-order valence-corrected chi connectivity index (χ4v) is 4.02. The number of benzene rings is 2. The Kier molecular flexibility index (Phi) is 5.42. The highest BCUT2D eigenvalue weighted by atomic mass is 35.5. The third-order valence-electron chi connectivity index (χ3n) is 4.15. The van der Waals surface area contributed by atoms with Gasteiger partial charge < -0.3 is 9.72 Å². The maximum absolute atomic E-state index is 12.7. The van der Waals surface area contributed by atoms with Crippen molar-refractivity contribution in [2.24, 2.45) is 0 Å². The summed E-state index contributed by atoms with van der Waals surface area (Å²) >= 11 is 7.71. The van der Waals surface area contributed by atoms with Crippen LogP contribution in [0.15, 0.2) is 64.8 Å². The van der Waals surface area contributed by atoms with Gasteiger partial charge in [0.05, 0.1) is 10.4 Å². The molecule has 0 aliphatic rings. The fourth-order valence-electron chi connectivity index (χ4n) is 2.85. The van der Waals surface area contributed by atoms with E-state index in [-0.39, 0.29) is 22.2 Å². The van der Waals surface area contributed by atoms with E-state index in [0.29, 0.717) is 15.8 Å². The highest BCUT2D eigenvalue weighted by molar-refractivity contribution is 7.17. The van der Waals surface area contributed by atoms with Gasteiger partial charge in [-0.15, -0.1) is 11.3 Å². The molecular formula is C21H13ClF2N2O2S. The Morgan fingerprint density at radius 1 is 1.14 bits per heavy atom. The lowest BCUT2D eigenvalue weighted by Crippen LogP contribution is -2.10. The summed E-state index contributed by atoms with van der Waals surface area (Å²) in [6.07, 6.45) is 1.59. The number of hydrogen-bond donors (Lipinski definition) is 1. The van der Waals surface area contributed by atoms with Crippen molar-refractivity contribution in [3.05, 3.63) is 81.7 Å². The predicted octanol–water partition coefficient (Wildman–Crippen LogP) is 5.99. The van der Waals surface area contributed by atoms with E-state index in [2.05, 4.69) is 14.7 Å². The van der Waals surface area contributed by atoms with Crippen LogP contribution in [0.2, 0.25) is 0 Å². The minimum absolute atomic E-state index is 0.0493. The number of H-pyrrole nitrogens is 1. The first-order chi connectivity index (χ1) is 14.0. The molecule has 0 amide bonds. The third-order valence-corrected chi connectivity index (χ3v) is 5.31. The Labute approximate surface area is 173 Å². The molecule has 8 heteroatoms. The van der Waals surface area contributed by atoms with Crippen LogP contribution in [0.4, 0.5) is 8.78 Å². The second kappa shape index (κ2) is 8.14. The molecule has 146 valence electrons. The molecule has 0 spiro atoms. The summed E-state index contributed by atoms with van der Waals surface area (Å²) in [5.41, 5.74) is 2.13. The number of hydrogen-bond acceptors (Lipinski definition) is 4. The minimum Gasteiger partial charge on any atom is -0.435 e. The van der Waals surface area contributed by atoms with Gasteiger partial charge in [0.25, 0.3) is 5.56 Å². The molecule has 0 aliphatic carbocycles. The lowest BCUT2D eigenvalue weighted by Gasteiger charge is -2.04. The Hall–Kier alpha value is -3.03. The standard InChI is InChI=1S/C21H13ClF2N2O2S/c22-16(10-12-6-8-14(9-7-12)28-21(23)24)18-25-19(27)17-15(11-29-20(17)26-18)13-4-2-1-3-5-13/h1-11,21H,(H,25,26,27)/b16-10-. The smallest absolute Gasteiger partial charge is 0.387 e. The number of alkyl halides is 2. The number of aromatic nitrogens is 2. The number of nitrogens with zero attached hydrogens (tertiary/aromatic N) is 1. The minimum atomic E-state index is -2.88. The molecule has 0 saturated heterocycles. The van der Waals surface area contributed by atoms with E-state index in [1.165, 1.54) is 23.5 Å². The van der Waals surface area contributed by atoms with Gasteiger partial charge in [-0.25, -0.2) is 4.98 Å². The molecule has 0 fully saturated rings. The molecule has 4 rings (SSSR count). The Bertz CT molecular complexity index is 1240. The van der Waals surface area contributed by atoms with Gasteiger partial charge in [0.1, 0.15) is 10.6 Å². The van der Waals surface area contributed by atoms with Crippen LogP contribution in [0.3, 0.4) is 0 Å². The molecule has 0 saturated carbocycles. The summed E-state index contributed by atoms with van der Waals surface area (Å²) in [5, 5.41) is 2.63. The number of ether oxygens (including phenoxy) is 1. The molecule has 2 heterocycles. The molecule has 29 heavy (non-hydrogen) atoms. The van der Waals surface area contributed by atoms with Gasteiger partial charge in [0.15, 0.2) is 5.82 Å². The number of thiophene rings is 1. The first kappa shape index (κ1) is 19.3. The summed E-state index contributed by atoms with van der Waals surface area (Å²) in [6, 6.07) is 15.6. The molecule has 1 N–H and O–H groups in total.